The highest BCUT2D eigenvalue weighted by Gasteiger charge is 2.48. The number of thiol groups is 1. The molecular weight excluding hydrogens is 582 g/mol. The third-order valence-electron chi connectivity index (χ3n) is 7.29. The van der Waals surface area contributed by atoms with E-state index in [1.54, 1.807) is 6.20 Å². The summed E-state index contributed by atoms with van der Waals surface area (Å²) in [4.78, 5) is 8.56. The van der Waals surface area contributed by atoms with Gasteiger partial charge < -0.3 is 24.7 Å². The van der Waals surface area contributed by atoms with Gasteiger partial charge in [0.25, 0.3) is 0 Å². The van der Waals surface area contributed by atoms with Gasteiger partial charge in [0.05, 0.1) is 38.3 Å². The standard InChI is InChI=1S/C32H33N5O6S/c33-31-32-34-16-25(37(32)36-27(35-31)21-44(38)39)28-30(42-19-24-14-8-3-9-15-24)29(41-18-23-12-6-2-7-13-23)26(43-28)20-40-17-22-10-4-1-5-11-22/h1-16,26,28-30,44H,17-21H2,(H2,33,35,36)/t26-,28+,29-,30+/m1/s1. The monoisotopic (exact) mass is 615 g/mol. The molecule has 3 heterocycles. The van der Waals surface area contributed by atoms with E-state index >= 15 is 0 Å². The SMILES string of the molecule is Nc1nc(C[SH](=O)=O)nn2c([C@@H]3O[C@H](COCc4ccccc4)[C@@H](OCc4ccccc4)[C@H]3OCc3ccccc3)cnc12. The van der Waals surface area contributed by atoms with Gasteiger partial charge in [0.15, 0.2) is 17.3 Å². The summed E-state index contributed by atoms with van der Waals surface area (Å²) in [7, 11) is -2.76. The van der Waals surface area contributed by atoms with E-state index in [0.717, 1.165) is 16.7 Å². The number of ether oxygens (including phenoxy) is 4. The quantitative estimate of drug-likeness (QED) is 0.189. The van der Waals surface area contributed by atoms with Gasteiger partial charge in [-0.2, -0.15) is 0 Å². The molecule has 1 aliphatic heterocycles. The molecule has 228 valence electrons. The van der Waals surface area contributed by atoms with Gasteiger partial charge in [-0.05, 0) is 16.7 Å². The maximum absolute atomic E-state index is 11.5. The number of aromatic nitrogens is 4. The van der Waals surface area contributed by atoms with Crippen LogP contribution in [-0.2, 0) is 55.2 Å². The van der Waals surface area contributed by atoms with Crippen LogP contribution < -0.4 is 5.73 Å². The fraction of sp³-hybridized carbons (Fsp3) is 0.281. The minimum atomic E-state index is -2.76. The van der Waals surface area contributed by atoms with E-state index in [9.17, 15) is 8.42 Å². The number of rotatable bonds is 13. The number of nitrogens with zero attached hydrogens (tertiary/aromatic N) is 4. The molecule has 1 fully saturated rings. The number of fused-ring (bicyclic) bond motifs is 1. The van der Waals surface area contributed by atoms with Crippen molar-refractivity contribution in [1.29, 1.82) is 0 Å². The number of anilines is 1. The van der Waals surface area contributed by atoms with Crippen molar-refractivity contribution in [1.82, 2.24) is 19.6 Å². The van der Waals surface area contributed by atoms with E-state index < -0.39 is 35.1 Å². The molecule has 11 nitrogen and oxygen atoms in total. The van der Waals surface area contributed by atoms with Crippen molar-refractivity contribution in [3.8, 4) is 0 Å². The molecule has 1 aliphatic rings. The second kappa shape index (κ2) is 14.1. The third-order valence-corrected chi connectivity index (χ3v) is 7.84. The lowest BCUT2D eigenvalue weighted by Crippen LogP contribution is -2.38. The Morgan fingerprint density at radius 2 is 1.36 bits per heavy atom. The maximum atomic E-state index is 11.5. The highest BCUT2D eigenvalue weighted by molar-refractivity contribution is 7.71. The van der Waals surface area contributed by atoms with Gasteiger partial charge in [-0.25, -0.2) is 22.9 Å². The van der Waals surface area contributed by atoms with Crippen molar-refractivity contribution in [2.24, 2.45) is 0 Å². The van der Waals surface area contributed by atoms with Crippen molar-refractivity contribution >= 4 is 22.2 Å². The number of nitrogens with two attached hydrogens (primary N) is 1. The first-order valence-electron chi connectivity index (χ1n) is 14.2. The molecule has 2 aromatic heterocycles. The molecule has 1 saturated heterocycles. The van der Waals surface area contributed by atoms with Crippen LogP contribution in [0.1, 0.15) is 34.3 Å². The molecule has 6 rings (SSSR count). The minimum absolute atomic E-state index is 0.0599. The zero-order valence-corrected chi connectivity index (χ0v) is 24.7. The van der Waals surface area contributed by atoms with Crippen LogP contribution in [0.5, 0.6) is 0 Å². The van der Waals surface area contributed by atoms with Crippen LogP contribution in [0.2, 0.25) is 0 Å². The van der Waals surface area contributed by atoms with Crippen molar-refractivity contribution in [3.05, 3.63) is 125 Å². The Morgan fingerprint density at radius 1 is 0.795 bits per heavy atom. The molecule has 0 bridgehead atoms. The van der Waals surface area contributed by atoms with Crippen LogP contribution in [0.25, 0.3) is 5.65 Å². The van der Waals surface area contributed by atoms with Crippen molar-refractivity contribution in [2.75, 3.05) is 12.3 Å². The van der Waals surface area contributed by atoms with E-state index in [2.05, 4.69) is 15.1 Å². The van der Waals surface area contributed by atoms with Gasteiger partial charge in [0.2, 0.25) is 0 Å². The highest BCUT2D eigenvalue weighted by Crippen LogP contribution is 2.39. The molecular formula is C32H33N5O6S. The Bertz CT molecular complexity index is 1730. The molecule has 12 heteroatoms. The lowest BCUT2D eigenvalue weighted by molar-refractivity contribution is -0.0898. The van der Waals surface area contributed by atoms with E-state index in [0.29, 0.717) is 31.2 Å². The number of imidazole rings is 1. The van der Waals surface area contributed by atoms with Crippen LogP contribution in [0, 0.1) is 0 Å². The van der Waals surface area contributed by atoms with Crippen molar-refractivity contribution in [2.45, 2.75) is 50.0 Å². The predicted molar refractivity (Wildman–Crippen MR) is 163 cm³/mol. The largest absolute Gasteiger partial charge is 0.380 e. The Kier molecular flexibility index (Phi) is 9.54. The molecule has 0 radical (unpaired) electrons. The zero-order chi connectivity index (χ0) is 30.3. The predicted octanol–water partition coefficient (Wildman–Crippen LogP) is 3.65. The van der Waals surface area contributed by atoms with Gasteiger partial charge in [0.1, 0.15) is 40.9 Å². The number of benzene rings is 3. The Hall–Kier alpha value is -4.20. The Labute approximate surface area is 256 Å². The summed E-state index contributed by atoms with van der Waals surface area (Å²) in [5.41, 5.74) is 10.0. The first-order valence-corrected chi connectivity index (χ1v) is 15.6. The van der Waals surface area contributed by atoms with Crippen LogP contribution in [0.4, 0.5) is 5.82 Å². The van der Waals surface area contributed by atoms with Crippen molar-refractivity contribution in [3.63, 3.8) is 0 Å². The molecule has 0 aliphatic carbocycles. The smallest absolute Gasteiger partial charge is 0.196 e. The first-order chi connectivity index (χ1) is 21.5. The summed E-state index contributed by atoms with van der Waals surface area (Å²) >= 11 is 0. The second-order valence-corrected chi connectivity index (χ2v) is 11.4. The summed E-state index contributed by atoms with van der Waals surface area (Å²) in [5.74, 6) is -0.229. The van der Waals surface area contributed by atoms with Gasteiger partial charge in [-0.3, -0.25) is 0 Å². The van der Waals surface area contributed by atoms with Gasteiger partial charge >= 0.3 is 0 Å². The lowest BCUT2D eigenvalue weighted by Gasteiger charge is -2.25. The number of hydrogen-bond donors (Lipinski definition) is 2. The van der Waals surface area contributed by atoms with Gasteiger partial charge in [0, 0.05) is 0 Å². The zero-order valence-electron chi connectivity index (χ0n) is 23.8. The minimum Gasteiger partial charge on any atom is -0.380 e. The van der Waals surface area contributed by atoms with Crippen LogP contribution in [0.15, 0.2) is 97.2 Å². The molecule has 0 spiro atoms. The third kappa shape index (κ3) is 7.12. The number of nitrogen functional groups attached to an aromatic ring is 1. The van der Waals surface area contributed by atoms with Crippen LogP contribution in [-0.4, -0.2) is 52.9 Å². The van der Waals surface area contributed by atoms with Gasteiger partial charge in [-0.1, -0.05) is 91.0 Å². The fourth-order valence-corrected chi connectivity index (χ4v) is 5.59. The van der Waals surface area contributed by atoms with Crippen molar-refractivity contribution < 1.29 is 27.4 Å². The Morgan fingerprint density at radius 3 is 1.95 bits per heavy atom. The first kappa shape index (κ1) is 29.9. The summed E-state index contributed by atoms with van der Waals surface area (Å²) in [6.45, 7) is 1.29. The highest BCUT2D eigenvalue weighted by atomic mass is 32.2. The van der Waals surface area contributed by atoms with E-state index in [4.69, 9.17) is 24.7 Å². The maximum Gasteiger partial charge on any atom is 0.196 e. The van der Waals surface area contributed by atoms with E-state index in [1.807, 2.05) is 91.0 Å². The van der Waals surface area contributed by atoms with Crippen LogP contribution >= 0.6 is 0 Å². The van der Waals surface area contributed by atoms with Gasteiger partial charge in [-0.15, -0.1) is 5.10 Å². The van der Waals surface area contributed by atoms with E-state index in [1.165, 1.54) is 4.52 Å². The fourth-order valence-electron chi connectivity index (χ4n) is 5.23. The molecule has 0 amide bonds. The Balaban J connectivity index is 1.33. The second-order valence-electron chi connectivity index (χ2n) is 10.4. The summed E-state index contributed by atoms with van der Waals surface area (Å²) in [5, 5.41) is 4.45. The lowest BCUT2D eigenvalue weighted by atomic mass is 10.0. The molecule has 3 aromatic carbocycles. The average molecular weight is 616 g/mol. The molecule has 2 N–H and O–H groups in total. The normalized spacial score (nSPS) is 20.0. The topological polar surface area (TPSA) is 140 Å². The molecule has 0 unspecified atom stereocenters. The summed E-state index contributed by atoms with van der Waals surface area (Å²) in [6, 6.07) is 29.6. The summed E-state index contributed by atoms with van der Waals surface area (Å²) in [6.07, 6.45) is -0.719. The van der Waals surface area contributed by atoms with E-state index in [-0.39, 0.29) is 24.0 Å². The summed E-state index contributed by atoms with van der Waals surface area (Å²) < 4.78 is 50.3. The molecule has 0 saturated carbocycles. The average Bonchev–Trinajstić information content (AvgIpc) is 3.61. The number of hydrogen-bond acceptors (Lipinski definition) is 10. The molecule has 4 atom stereocenters. The molecule has 5 aromatic rings. The molecule has 44 heavy (non-hydrogen) atoms. The van der Waals surface area contributed by atoms with Crippen LogP contribution in [0.3, 0.4) is 0 Å².